The fraction of sp³-hybridized carbons (Fsp3) is 0.950. The van der Waals surface area contributed by atoms with E-state index >= 15 is 0 Å². The summed E-state index contributed by atoms with van der Waals surface area (Å²) in [7, 11) is 0. The van der Waals surface area contributed by atoms with Crippen molar-refractivity contribution < 1.29 is 138 Å². The molecule has 0 aliphatic carbocycles. The molecule has 6 fully saturated rings. The lowest BCUT2D eigenvalue weighted by atomic mass is 9.94. The van der Waals surface area contributed by atoms with E-state index in [9.17, 15) is 86.2 Å². The molecule has 2 amide bonds. The maximum atomic E-state index is 12.8. The third-order valence-electron chi connectivity index (χ3n) is 13.1. The first kappa shape index (κ1) is 57.2. The molecule has 6 heterocycles. The largest absolute Gasteiger partial charge is 0.394 e. The van der Waals surface area contributed by atoms with Gasteiger partial charge in [0.25, 0.3) is 0 Å². The van der Waals surface area contributed by atoms with Crippen molar-refractivity contribution in [2.75, 3.05) is 33.0 Å². The number of rotatable bonds is 16. The minimum atomic E-state index is -2.12. The van der Waals surface area contributed by atoms with Crippen LogP contribution in [-0.2, 0) is 61.7 Å². The first-order valence-corrected chi connectivity index (χ1v) is 22.7. The molecule has 406 valence electrons. The van der Waals surface area contributed by atoms with Crippen LogP contribution in [0.3, 0.4) is 0 Å². The molecular weight excluding hydrogens is 956 g/mol. The molecule has 30 nitrogen and oxygen atoms in total. The molecule has 29 atom stereocenters. The third-order valence-corrected chi connectivity index (χ3v) is 13.1. The molecule has 0 aromatic carbocycles. The summed E-state index contributed by atoms with van der Waals surface area (Å²) in [6.07, 6.45) is -46.5. The highest BCUT2D eigenvalue weighted by molar-refractivity contribution is 5.73. The van der Waals surface area contributed by atoms with E-state index in [0.717, 1.165) is 13.8 Å². The van der Waals surface area contributed by atoms with Crippen LogP contribution >= 0.6 is 0 Å². The van der Waals surface area contributed by atoms with Gasteiger partial charge in [0.15, 0.2) is 31.5 Å². The molecular formula is C40H68N2O28. The van der Waals surface area contributed by atoms with Gasteiger partial charge in [0.2, 0.25) is 11.8 Å². The lowest BCUT2D eigenvalue weighted by Gasteiger charge is -2.50. The fourth-order valence-electron chi connectivity index (χ4n) is 9.05. The van der Waals surface area contributed by atoms with E-state index in [4.69, 9.17) is 52.1 Å². The normalized spacial score (nSPS) is 50.3. The molecule has 0 saturated carbocycles. The predicted octanol–water partition coefficient (Wildman–Crippen LogP) is -11.1. The van der Waals surface area contributed by atoms with Crippen molar-refractivity contribution >= 4 is 11.8 Å². The van der Waals surface area contributed by atoms with Gasteiger partial charge in [-0.05, 0) is 13.8 Å². The number of amides is 2. The van der Waals surface area contributed by atoms with Crippen molar-refractivity contribution in [3.05, 3.63) is 0 Å². The summed E-state index contributed by atoms with van der Waals surface area (Å²) in [6, 6.07) is -2.94. The van der Waals surface area contributed by atoms with E-state index in [1.54, 1.807) is 0 Å². The first-order chi connectivity index (χ1) is 33.0. The van der Waals surface area contributed by atoms with Gasteiger partial charge in [-0.1, -0.05) is 0 Å². The molecule has 0 aromatic rings. The Morgan fingerprint density at radius 3 is 1.44 bits per heavy atom. The van der Waals surface area contributed by atoms with Gasteiger partial charge in [0.1, 0.15) is 128 Å². The second kappa shape index (κ2) is 24.5. The maximum absolute atomic E-state index is 12.8. The highest BCUT2D eigenvalue weighted by Crippen LogP contribution is 2.36. The molecule has 6 saturated heterocycles. The Morgan fingerprint density at radius 2 is 0.886 bits per heavy atom. The minimum Gasteiger partial charge on any atom is -0.394 e. The van der Waals surface area contributed by atoms with E-state index < -0.39 is 216 Å². The van der Waals surface area contributed by atoms with Crippen LogP contribution in [0.1, 0.15) is 27.7 Å². The van der Waals surface area contributed by atoms with E-state index in [1.165, 1.54) is 13.8 Å². The van der Waals surface area contributed by atoms with Gasteiger partial charge in [-0.2, -0.15) is 0 Å². The topological polar surface area (TPSA) is 463 Å². The monoisotopic (exact) mass is 1020 g/mol. The Hall–Kier alpha value is -2.10. The Kier molecular flexibility index (Phi) is 20.0. The number of aliphatic hydroxyl groups is 15. The zero-order valence-corrected chi connectivity index (χ0v) is 38.3. The summed E-state index contributed by atoms with van der Waals surface area (Å²) >= 11 is 0. The van der Waals surface area contributed by atoms with Gasteiger partial charge in [0.05, 0.1) is 51.3 Å². The lowest BCUT2D eigenvalue weighted by molar-refractivity contribution is -0.381. The van der Waals surface area contributed by atoms with Crippen molar-refractivity contribution in [3.8, 4) is 0 Å². The van der Waals surface area contributed by atoms with Gasteiger partial charge >= 0.3 is 0 Å². The Labute approximate surface area is 399 Å². The van der Waals surface area contributed by atoms with Crippen LogP contribution < -0.4 is 10.6 Å². The van der Waals surface area contributed by atoms with Crippen LogP contribution in [-0.4, -0.2) is 299 Å². The second-order valence-electron chi connectivity index (χ2n) is 18.1. The second-order valence-corrected chi connectivity index (χ2v) is 18.1. The molecule has 30 heteroatoms. The zero-order chi connectivity index (χ0) is 51.6. The van der Waals surface area contributed by atoms with Gasteiger partial charge in [0, 0.05) is 13.8 Å². The summed E-state index contributed by atoms with van der Waals surface area (Å²) in [4.78, 5) is 25.4. The molecule has 0 radical (unpaired) electrons. The highest BCUT2D eigenvalue weighted by atomic mass is 16.8. The molecule has 0 unspecified atom stereocenters. The number of hydrogen-bond acceptors (Lipinski definition) is 28. The quantitative estimate of drug-likeness (QED) is 0.0682. The van der Waals surface area contributed by atoms with Crippen molar-refractivity contribution in [1.29, 1.82) is 0 Å². The third kappa shape index (κ3) is 12.4. The van der Waals surface area contributed by atoms with Crippen molar-refractivity contribution in [2.45, 2.75) is 206 Å². The molecule has 6 rings (SSSR count). The van der Waals surface area contributed by atoms with E-state index in [-0.39, 0.29) is 6.61 Å². The van der Waals surface area contributed by atoms with E-state index in [2.05, 4.69) is 10.6 Å². The van der Waals surface area contributed by atoms with Gasteiger partial charge < -0.3 is 139 Å². The minimum absolute atomic E-state index is 0.389. The van der Waals surface area contributed by atoms with Crippen molar-refractivity contribution in [2.24, 2.45) is 0 Å². The van der Waals surface area contributed by atoms with Gasteiger partial charge in [-0.25, -0.2) is 0 Å². The van der Waals surface area contributed by atoms with Crippen LogP contribution in [0.25, 0.3) is 0 Å². The summed E-state index contributed by atoms with van der Waals surface area (Å²) in [5.41, 5.74) is 0. The van der Waals surface area contributed by atoms with Crippen molar-refractivity contribution in [1.82, 2.24) is 10.6 Å². The maximum Gasteiger partial charge on any atom is 0.217 e. The molecule has 6 aliphatic heterocycles. The smallest absolute Gasteiger partial charge is 0.217 e. The summed E-state index contributed by atoms with van der Waals surface area (Å²) in [5.74, 6) is -1.44. The highest BCUT2D eigenvalue weighted by Gasteiger charge is 2.57. The molecule has 6 aliphatic rings. The van der Waals surface area contributed by atoms with Crippen LogP contribution in [0.2, 0.25) is 0 Å². The number of carbonyl (C=O) groups excluding carboxylic acids is 2. The Morgan fingerprint density at radius 1 is 0.443 bits per heavy atom. The standard InChI is InChI=1S/C40H68N2O28/c1-10-20(48)25(53)28(56)37(62-10)61-9-18-34(32(14(8-60-18)41-12(3)46)67-38-29(57)26(54)21(49)11(2)63-38)69-36-19(42-13(4)47)24(52)33(17(7-45)66-36)68-40-31(59)35(23(51)16(6-44)65-40)70-39-30(58)27(55)22(50)15(5-43)64-39/h10-11,14-40,43-45,48-59H,5-9H2,1-4H3,(H,41,46)(H,42,47)/t10-,11-,14-,15+,16+,17+,18+,19+,20+,21+,22+,23+,24+,25+,26+,27-,28-,29-,30-,31-,32+,33+,34+,35-,36-,37+,38-,39+,40-/m0/s1. The van der Waals surface area contributed by atoms with Crippen LogP contribution in [0.15, 0.2) is 0 Å². The van der Waals surface area contributed by atoms with Crippen LogP contribution in [0.4, 0.5) is 0 Å². The molecule has 70 heavy (non-hydrogen) atoms. The average Bonchev–Trinajstić information content (AvgIpc) is 3.32. The summed E-state index contributed by atoms with van der Waals surface area (Å²) in [6.45, 7) is 1.14. The Bertz CT molecular complexity index is 1680. The number of carbonyl (C=O) groups is 2. The summed E-state index contributed by atoms with van der Waals surface area (Å²) < 4.78 is 64.6. The number of ether oxygens (including phenoxy) is 11. The first-order valence-electron chi connectivity index (χ1n) is 22.7. The molecule has 0 bridgehead atoms. The number of hydrogen-bond donors (Lipinski definition) is 17. The molecule has 0 aromatic heterocycles. The average molecular weight is 1020 g/mol. The van der Waals surface area contributed by atoms with Gasteiger partial charge in [-0.15, -0.1) is 0 Å². The van der Waals surface area contributed by atoms with E-state index in [0.29, 0.717) is 0 Å². The predicted molar refractivity (Wildman–Crippen MR) is 218 cm³/mol. The zero-order valence-electron chi connectivity index (χ0n) is 38.3. The van der Waals surface area contributed by atoms with Crippen molar-refractivity contribution in [3.63, 3.8) is 0 Å². The van der Waals surface area contributed by atoms with Gasteiger partial charge in [-0.3, -0.25) is 9.59 Å². The molecule has 0 spiro atoms. The van der Waals surface area contributed by atoms with Crippen LogP contribution in [0.5, 0.6) is 0 Å². The van der Waals surface area contributed by atoms with Crippen LogP contribution in [0, 0.1) is 0 Å². The lowest BCUT2D eigenvalue weighted by Crippen LogP contribution is -2.70. The number of nitrogens with one attached hydrogen (secondary N) is 2. The summed E-state index contributed by atoms with van der Waals surface area (Å²) in [5, 5.41) is 165. The number of aliphatic hydroxyl groups excluding tert-OH is 15. The SMILES string of the molecule is CC(=O)N[C@H]1[C@H](O[C@H]2[C@H](O[C@@H]3O[C@@H](C)[C@@H](O)[C@@H](O)[C@@H]3O)[C@@H](NC(C)=O)CO[C@@H]2CO[C@@H]2O[C@@H](C)[C@@H](O)[C@@H](O)[C@@H]2O)O[C@H](CO)[C@@H](O[C@@H]2O[C@H](CO)[C@@H](O)[C@H](O[C@H]3O[C@H](CO)[C@@H](O)[C@H](O)[C@@H]3O)[C@@H]2O)[C@@H]1O. The fourth-order valence-corrected chi connectivity index (χ4v) is 9.05. The molecule has 17 N–H and O–H groups in total. The van der Waals surface area contributed by atoms with E-state index in [1.807, 2.05) is 0 Å². The Balaban J connectivity index is 1.30.